The lowest BCUT2D eigenvalue weighted by molar-refractivity contribution is -0.147. The van der Waals surface area contributed by atoms with Crippen LogP contribution in [0.2, 0.25) is 0 Å². The van der Waals surface area contributed by atoms with Crippen LogP contribution in [0.4, 0.5) is 0 Å². The molecule has 4 heterocycles. The summed E-state index contributed by atoms with van der Waals surface area (Å²) < 4.78 is 37.7. The molecule has 1 saturated carbocycles. The normalized spacial score (nSPS) is 21.3. The predicted octanol–water partition coefficient (Wildman–Crippen LogP) is 7.97. The van der Waals surface area contributed by atoms with E-state index in [2.05, 4.69) is 101 Å². The van der Waals surface area contributed by atoms with Crippen molar-refractivity contribution in [2.45, 2.75) is 122 Å². The quantitative estimate of drug-likeness (QED) is 0.129. The number of carbonyl (C=O) groups excluding carboxylic acids is 2. The number of rotatable bonds is 15. The van der Waals surface area contributed by atoms with Gasteiger partial charge in [-0.2, -0.15) is 12.7 Å². The number of fused-ring (bicyclic) bond motifs is 3. The summed E-state index contributed by atoms with van der Waals surface area (Å²) in [7, 11) is 2.01. The van der Waals surface area contributed by atoms with Gasteiger partial charge in [0.15, 0.2) is 0 Å². The number of aromatic nitrogens is 1. The summed E-state index contributed by atoms with van der Waals surface area (Å²) in [6.07, 6.45) is 10.4. The van der Waals surface area contributed by atoms with Gasteiger partial charge in [-0.05, 0) is 133 Å². The fourth-order valence-corrected chi connectivity index (χ4v) is 11.9. The van der Waals surface area contributed by atoms with E-state index in [0.717, 1.165) is 111 Å². The average molecular weight is 851 g/mol. The standard InChI is InChI=1S/C49H66N6O5S/c1-34-28-41(60-6)21-23-42(34)46-45(36-16-11-8-12-17-36)43-22-18-37(47(56)50-61(58,59)53-24-13-25-53)29-44(43)54(46)33-49(2,3)48(57)55-38-19-20-39(55)31-40(30-38)52(27-26-51(4)5)32-35-14-9-7-10-15-35/h7,9-10,14-15,18,21-23,28-29,36,38-40H,8,11-13,16-17,19-20,24-27,30-33H2,1-6H3,(H,50,56). The van der Waals surface area contributed by atoms with Crippen molar-refractivity contribution in [3.8, 4) is 17.0 Å². The van der Waals surface area contributed by atoms with Gasteiger partial charge in [0, 0.05) is 79.4 Å². The molecule has 61 heavy (non-hydrogen) atoms. The molecule has 4 aliphatic rings. The highest BCUT2D eigenvalue weighted by Gasteiger charge is 2.48. The molecule has 12 heteroatoms. The summed E-state index contributed by atoms with van der Waals surface area (Å²) in [4.78, 5) is 36.2. The number of nitrogens with zero attached hydrogens (tertiary/aromatic N) is 5. The van der Waals surface area contributed by atoms with Crippen LogP contribution in [0.1, 0.15) is 111 Å². The van der Waals surface area contributed by atoms with Gasteiger partial charge < -0.3 is 19.1 Å². The van der Waals surface area contributed by atoms with E-state index in [1.807, 2.05) is 18.2 Å². The zero-order valence-electron chi connectivity index (χ0n) is 37.2. The molecule has 1 aromatic heterocycles. The van der Waals surface area contributed by atoms with Crippen LogP contribution >= 0.6 is 0 Å². The summed E-state index contributed by atoms with van der Waals surface area (Å²) in [5.41, 5.74) is 6.12. The third-order valence-electron chi connectivity index (χ3n) is 14.1. The van der Waals surface area contributed by atoms with E-state index < -0.39 is 21.5 Å². The Balaban J connectivity index is 1.16. The van der Waals surface area contributed by atoms with Crippen molar-refractivity contribution >= 4 is 32.9 Å². The van der Waals surface area contributed by atoms with E-state index in [1.54, 1.807) is 13.2 Å². The van der Waals surface area contributed by atoms with E-state index in [4.69, 9.17) is 4.74 Å². The van der Waals surface area contributed by atoms with Gasteiger partial charge in [0.05, 0.1) is 18.2 Å². The van der Waals surface area contributed by atoms with Gasteiger partial charge in [-0.1, -0.05) is 55.7 Å². The topological polar surface area (TPSA) is 107 Å². The first-order valence-electron chi connectivity index (χ1n) is 22.6. The largest absolute Gasteiger partial charge is 0.497 e. The fourth-order valence-electron chi connectivity index (χ4n) is 10.7. The number of likely N-dealkylation sites (N-methyl/N-ethyl adjacent to an activating group) is 1. The number of methoxy groups -OCH3 is 1. The molecule has 0 spiro atoms. The van der Waals surface area contributed by atoms with Crippen LogP contribution in [0.3, 0.4) is 0 Å². The van der Waals surface area contributed by atoms with Gasteiger partial charge >= 0.3 is 10.2 Å². The molecule has 328 valence electrons. The molecule has 4 fully saturated rings. The van der Waals surface area contributed by atoms with Crippen molar-refractivity contribution in [2.24, 2.45) is 5.41 Å². The van der Waals surface area contributed by atoms with E-state index in [0.29, 0.717) is 31.6 Å². The minimum atomic E-state index is -3.94. The van der Waals surface area contributed by atoms with E-state index in [1.165, 1.54) is 21.9 Å². The lowest BCUT2D eigenvalue weighted by Gasteiger charge is -2.46. The van der Waals surface area contributed by atoms with Gasteiger partial charge in [-0.15, -0.1) is 0 Å². The van der Waals surface area contributed by atoms with Crippen molar-refractivity contribution in [2.75, 3.05) is 47.4 Å². The molecule has 4 aromatic rings. The van der Waals surface area contributed by atoms with E-state index >= 15 is 4.79 Å². The van der Waals surface area contributed by atoms with Crippen LogP contribution in [0.15, 0.2) is 66.7 Å². The first-order valence-corrected chi connectivity index (χ1v) is 24.1. The van der Waals surface area contributed by atoms with Crippen molar-refractivity contribution in [1.82, 2.24) is 28.3 Å². The van der Waals surface area contributed by atoms with Gasteiger partial charge in [0.1, 0.15) is 5.75 Å². The van der Waals surface area contributed by atoms with E-state index in [9.17, 15) is 13.2 Å². The molecule has 3 aliphatic heterocycles. The summed E-state index contributed by atoms with van der Waals surface area (Å²) in [6, 6.07) is 23.4. The SMILES string of the molecule is COc1ccc(-c2c(C3CCCCC3)c3ccc(C(=O)NS(=O)(=O)N4CCC4)cc3n2CC(C)(C)C(=O)N2C3CCC2CC(N(CCN(C)C)Cc2ccccc2)C3)c(C)c1. The molecule has 1 aliphatic carbocycles. The molecule has 8 rings (SSSR count). The molecule has 2 atom stereocenters. The van der Waals surface area contributed by atoms with Crippen molar-refractivity contribution < 1.29 is 22.7 Å². The lowest BCUT2D eigenvalue weighted by Crippen LogP contribution is -2.56. The highest BCUT2D eigenvalue weighted by Crippen LogP contribution is 2.47. The number of ether oxygens (including phenoxy) is 1. The number of carbonyl (C=O) groups is 2. The monoisotopic (exact) mass is 850 g/mol. The molecule has 2 unspecified atom stereocenters. The van der Waals surface area contributed by atoms with Crippen molar-refractivity contribution in [1.29, 1.82) is 0 Å². The number of nitrogens with one attached hydrogen (secondary N) is 1. The smallest absolute Gasteiger partial charge is 0.304 e. The molecule has 2 bridgehead atoms. The van der Waals surface area contributed by atoms with Gasteiger partial charge in [-0.25, -0.2) is 4.72 Å². The Morgan fingerprint density at radius 2 is 1.57 bits per heavy atom. The number of hydrogen-bond donors (Lipinski definition) is 1. The Morgan fingerprint density at radius 3 is 2.20 bits per heavy atom. The summed E-state index contributed by atoms with van der Waals surface area (Å²) in [5, 5.41) is 1.06. The van der Waals surface area contributed by atoms with E-state index in [-0.39, 0.29) is 23.6 Å². The zero-order chi connectivity index (χ0) is 43.1. The van der Waals surface area contributed by atoms with Crippen LogP contribution < -0.4 is 9.46 Å². The number of aryl methyl sites for hydroxylation is 1. The molecule has 0 radical (unpaired) electrons. The lowest BCUT2D eigenvalue weighted by atomic mass is 9.81. The zero-order valence-corrected chi connectivity index (χ0v) is 38.0. The number of benzene rings is 3. The molecule has 3 aromatic carbocycles. The van der Waals surface area contributed by atoms with Crippen molar-refractivity contribution in [3.05, 3.63) is 89.0 Å². The summed E-state index contributed by atoms with van der Waals surface area (Å²) >= 11 is 0. The van der Waals surface area contributed by atoms with Crippen LogP contribution in [-0.2, 0) is 28.1 Å². The second kappa shape index (κ2) is 17.9. The van der Waals surface area contributed by atoms with Gasteiger partial charge in [0.25, 0.3) is 5.91 Å². The summed E-state index contributed by atoms with van der Waals surface area (Å²) in [5.74, 6) is 0.614. The predicted molar refractivity (Wildman–Crippen MR) is 243 cm³/mol. The Morgan fingerprint density at radius 1 is 0.869 bits per heavy atom. The second-order valence-corrected chi connectivity index (χ2v) is 20.8. The first kappa shape index (κ1) is 43.4. The highest BCUT2D eigenvalue weighted by atomic mass is 32.2. The number of amides is 2. The third kappa shape index (κ3) is 9.01. The maximum Gasteiger partial charge on any atom is 0.304 e. The first-order chi connectivity index (χ1) is 29.2. The maximum atomic E-state index is 15.3. The molecule has 3 saturated heterocycles. The third-order valence-corrected chi connectivity index (χ3v) is 15.6. The number of piperidine rings is 1. The highest BCUT2D eigenvalue weighted by molar-refractivity contribution is 7.87. The molecular weight excluding hydrogens is 785 g/mol. The van der Waals surface area contributed by atoms with Crippen molar-refractivity contribution in [3.63, 3.8) is 0 Å². The molecule has 11 nitrogen and oxygen atoms in total. The Labute approximate surface area is 363 Å². The number of hydrogen-bond acceptors (Lipinski definition) is 7. The maximum absolute atomic E-state index is 15.3. The van der Waals surface area contributed by atoms with Crippen LogP contribution in [0, 0.1) is 12.3 Å². The molecular formula is C49H66N6O5S. The van der Waals surface area contributed by atoms with Crippen LogP contribution in [-0.4, -0.2) is 109 Å². The minimum Gasteiger partial charge on any atom is -0.497 e. The average Bonchev–Trinajstić information content (AvgIpc) is 3.66. The van der Waals surface area contributed by atoms with Crippen LogP contribution in [0.25, 0.3) is 22.2 Å². The minimum absolute atomic E-state index is 0.175. The Bertz CT molecular complexity index is 2320. The molecule has 1 N–H and O–H groups in total. The Kier molecular flexibility index (Phi) is 12.7. The molecule has 2 amide bonds. The summed E-state index contributed by atoms with van der Waals surface area (Å²) in [6.45, 7) is 10.4. The Hall–Kier alpha value is -4.23. The second-order valence-electron chi connectivity index (χ2n) is 19.2. The van der Waals surface area contributed by atoms with Gasteiger partial charge in [0.2, 0.25) is 5.91 Å². The van der Waals surface area contributed by atoms with Crippen LogP contribution in [0.5, 0.6) is 5.75 Å². The van der Waals surface area contributed by atoms with Gasteiger partial charge in [-0.3, -0.25) is 14.5 Å². The fraction of sp³-hybridized carbons (Fsp3) is 0.551.